The van der Waals surface area contributed by atoms with Crippen molar-refractivity contribution in [3.05, 3.63) is 0 Å². The predicted molar refractivity (Wildman–Crippen MR) is 106 cm³/mol. The Balaban J connectivity index is 3.21. The van der Waals surface area contributed by atoms with Crippen LogP contribution in [-0.4, -0.2) is 18.0 Å². The van der Waals surface area contributed by atoms with E-state index in [1.165, 1.54) is 64.2 Å². The topological polar surface area (TPSA) is 55.1 Å². The van der Waals surface area contributed by atoms with Gasteiger partial charge in [-0.15, -0.1) is 0 Å². The highest BCUT2D eigenvalue weighted by Crippen LogP contribution is 2.12. The van der Waals surface area contributed by atoms with Gasteiger partial charge in [0.1, 0.15) is 0 Å². The number of amides is 1. The average Bonchev–Trinajstić information content (AvgIpc) is 2.51. The maximum Gasteiger partial charge on any atom is 0.219 e. The minimum absolute atomic E-state index is 0.0838. The van der Waals surface area contributed by atoms with Crippen molar-refractivity contribution in [3.8, 4) is 0 Å². The third-order valence-corrected chi connectivity index (χ3v) is 4.58. The monoisotopic (exact) mass is 340 g/mol. The maximum atomic E-state index is 11.7. The van der Waals surface area contributed by atoms with Crippen LogP contribution in [0.1, 0.15) is 117 Å². The van der Waals surface area contributed by atoms with Gasteiger partial charge < -0.3 is 11.1 Å². The molecule has 0 radical (unpaired) electrons. The number of carbonyl (C=O) groups excluding carboxylic acids is 1. The Morgan fingerprint density at radius 2 is 1.29 bits per heavy atom. The molecule has 0 spiro atoms. The Morgan fingerprint density at radius 3 is 1.79 bits per heavy atom. The van der Waals surface area contributed by atoms with Gasteiger partial charge in [0, 0.05) is 18.5 Å². The van der Waals surface area contributed by atoms with Crippen LogP contribution in [0.2, 0.25) is 0 Å². The van der Waals surface area contributed by atoms with Crippen molar-refractivity contribution in [2.45, 2.75) is 123 Å². The van der Waals surface area contributed by atoms with E-state index in [0.29, 0.717) is 6.42 Å². The van der Waals surface area contributed by atoms with E-state index in [0.717, 1.165) is 32.2 Å². The first-order chi connectivity index (χ1) is 11.5. The molecule has 0 saturated heterocycles. The van der Waals surface area contributed by atoms with Crippen LogP contribution in [0.25, 0.3) is 0 Å². The minimum Gasteiger partial charge on any atom is -0.356 e. The Labute approximate surface area is 151 Å². The highest BCUT2D eigenvalue weighted by molar-refractivity contribution is 5.75. The lowest BCUT2D eigenvalue weighted by Crippen LogP contribution is -2.32. The number of carbonyl (C=O) groups is 1. The van der Waals surface area contributed by atoms with Crippen LogP contribution in [0.5, 0.6) is 0 Å². The van der Waals surface area contributed by atoms with Crippen molar-refractivity contribution in [3.63, 3.8) is 0 Å². The molecule has 24 heavy (non-hydrogen) atoms. The van der Waals surface area contributed by atoms with Crippen molar-refractivity contribution in [2.24, 2.45) is 5.73 Å². The molecule has 0 aromatic heterocycles. The Bertz CT molecular complexity index is 284. The molecule has 0 aliphatic carbocycles. The normalized spacial score (nSPS) is 11.7. The van der Waals surface area contributed by atoms with E-state index in [-0.39, 0.29) is 11.4 Å². The molecule has 0 aliphatic rings. The average molecular weight is 341 g/mol. The predicted octanol–water partition coefficient (Wildman–Crippen LogP) is 5.71. The van der Waals surface area contributed by atoms with E-state index in [2.05, 4.69) is 26.1 Å². The summed E-state index contributed by atoms with van der Waals surface area (Å²) in [6, 6.07) is 0. The summed E-state index contributed by atoms with van der Waals surface area (Å²) >= 11 is 0. The molecule has 0 aliphatic heterocycles. The van der Waals surface area contributed by atoms with E-state index in [4.69, 9.17) is 5.73 Å². The quantitative estimate of drug-likeness (QED) is 0.333. The van der Waals surface area contributed by atoms with E-state index < -0.39 is 0 Å². The van der Waals surface area contributed by atoms with Gasteiger partial charge in [0.25, 0.3) is 0 Å². The smallest absolute Gasteiger partial charge is 0.219 e. The van der Waals surface area contributed by atoms with Crippen molar-refractivity contribution in [2.75, 3.05) is 6.54 Å². The summed E-state index contributed by atoms with van der Waals surface area (Å²) in [6.07, 6.45) is 18.4. The zero-order valence-corrected chi connectivity index (χ0v) is 16.8. The molecule has 1 amide bonds. The van der Waals surface area contributed by atoms with Crippen molar-refractivity contribution < 1.29 is 4.79 Å². The lowest BCUT2D eigenvalue weighted by atomic mass is 9.99. The number of unbranched alkanes of at least 4 members (excludes halogenated alkanes) is 11. The molecule has 0 unspecified atom stereocenters. The molecule has 0 saturated carbocycles. The number of nitrogens with two attached hydrogens (primary N) is 1. The molecule has 0 aromatic rings. The second-order valence-electron chi connectivity index (χ2n) is 8.08. The molecule has 144 valence electrons. The third-order valence-electron chi connectivity index (χ3n) is 4.58. The van der Waals surface area contributed by atoms with Gasteiger partial charge in [-0.1, -0.05) is 71.1 Å². The fourth-order valence-electron chi connectivity index (χ4n) is 2.97. The molecule has 0 fully saturated rings. The van der Waals surface area contributed by atoms with Crippen LogP contribution in [0.3, 0.4) is 0 Å². The van der Waals surface area contributed by atoms with Crippen LogP contribution in [0.15, 0.2) is 0 Å². The third kappa shape index (κ3) is 19.5. The van der Waals surface area contributed by atoms with Gasteiger partial charge in [-0.25, -0.2) is 0 Å². The maximum absolute atomic E-state index is 11.7. The molecule has 3 nitrogen and oxygen atoms in total. The van der Waals surface area contributed by atoms with Gasteiger partial charge in [-0.2, -0.15) is 0 Å². The first kappa shape index (κ1) is 23.4. The number of nitrogens with one attached hydrogen (secondary N) is 1. The van der Waals surface area contributed by atoms with Crippen molar-refractivity contribution in [1.82, 2.24) is 5.32 Å². The zero-order valence-electron chi connectivity index (χ0n) is 16.8. The summed E-state index contributed by atoms with van der Waals surface area (Å²) in [7, 11) is 0. The summed E-state index contributed by atoms with van der Waals surface area (Å²) < 4.78 is 0. The minimum atomic E-state index is -0.0838. The SMILES string of the molecule is CCCCCCCCCCCCCC(=O)NCCCCC(C)(C)N. The Hall–Kier alpha value is -0.570. The fourth-order valence-corrected chi connectivity index (χ4v) is 2.97. The van der Waals surface area contributed by atoms with E-state index >= 15 is 0 Å². The molecule has 3 heteroatoms. The fraction of sp³-hybridized carbons (Fsp3) is 0.952. The van der Waals surface area contributed by atoms with Gasteiger partial charge in [0.2, 0.25) is 5.91 Å². The van der Waals surface area contributed by atoms with Gasteiger partial charge in [-0.05, 0) is 39.5 Å². The lowest BCUT2D eigenvalue weighted by Gasteiger charge is -2.17. The summed E-state index contributed by atoms with van der Waals surface area (Å²) in [5.41, 5.74) is 5.86. The van der Waals surface area contributed by atoms with E-state index in [9.17, 15) is 4.79 Å². The Morgan fingerprint density at radius 1 is 0.792 bits per heavy atom. The highest BCUT2D eigenvalue weighted by Gasteiger charge is 2.09. The van der Waals surface area contributed by atoms with Gasteiger partial charge in [0.05, 0.1) is 0 Å². The van der Waals surface area contributed by atoms with Crippen LogP contribution >= 0.6 is 0 Å². The van der Waals surface area contributed by atoms with Gasteiger partial charge >= 0.3 is 0 Å². The summed E-state index contributed by atoms with van der Waals surface area (Å²) in [6.45, 7) is 7.17. The standard InChI is InChI=1S/C21H44N2O/c1-4-5-6-7-8-9-10-11-12-13-14-17-20(24)23-19-16-15-18-21(2,3)22/h4-19,22H2,1-3H3,(H,23,24). The lowest BCUT2D eigenvalue weighted by molar-refractivity contribution is -0.121. The zero-order chi connectivity index (χ0) is 18.1. The largest absolute Gasteiger partial charge is 0.356 e. The summed E-state index contributed by atoms with van der Waals surface area (Å²) in [4.78, 5) is 11.7. The Kier molecular flexibility index (Phi) is 15.6. The van der Waals surface area contributed by atoms with Gasteiger partial charge in [0.15, 0.2) is 0 Å². The first-order valence-corrected chi connectivity index (χ1v) is 10.5. The molecule has 0 bridgehead atoms. The summed E-state index contributed by atoms with van der Waals surface area (Å²) in [5, 5.41) is 3.02. The molecule has 3 N–H and O–H groups in total. The van der Waals surface area contributed by atoms with Crippen LogP contribution in [0.4, 0.5) is 0 Å². The first-order valence-electron chi connectivity index (χ1n) is 10.5. The van der Waals surface area contributed by atoms with Crippen LogP contribution < -0.4 is 11.1 Å². The molecular weight excluding hydrogens is 296 g/mol. The second kappa shape index (κ2) is 15.9. The number of hydrogen-bond acceptors (Lipinski definition) is 2. The molecule has 0 heterocycles. The molecule has 0 rings (SSSR count). The van der Waals surface area contributed by atoms with E-state index in [1.807, 2.05) is 0 Å². The van der Waals surface area contributed by atoms with Gasteiger partial charge in [-0.3, -0.25) is 4.79 Å². The number of hydrogen-bond donors (Lipinski definition) is 2. The molecule has 0 atom stereocenters. The number of rotatable bonds is 17. The summed E-state index contributed by atoms with van der Waals surface area (Å²) in [5.74, 6) is 0.220. The highest BCUT2D eigenvalue weighted by atomic mass is 16.1. The second-order valence-corrected chi connectivity index (χ2v) is 8.08. The molecular formula is C21H44N2O. The van der Waals surface area contributed by atoms with E-state index in [1.54, 1.807) is 0 Å². The molecule has 0 aromatic carbocycles. The van der Waals surface area contributed by atoms with Crippen molar-refractivity contribution in [1.29, 1.82) is 0 Å². The van der Waals surface area contributed by atoms with Crippen LogP contribution in [0, 0.1) is 0 Å². The van der Waals surface area contributed by atoms with Crippen molar-refractivity contribution >= 4 is 5.91 Å². The van der Waals surface area contributed by atoms with Crippen LogP contribution in [-0.2, 0) is 4.79 Å².